The van der Waals surface area contributed by atoms with E-state index in [2.05, 4.69) is 10.6 Å². The number of aliphatic hydroxyl groups excluding tert-OH is 1. The van der Waals surface area contributed by atoms with Gasteiger partial charge in [-0.2, -0.15) is 0 Å². The van der Waals surface area contributed by atoms with Crippen LogP contribution in [0.4, 0.5) is 0 Å². The first kappa shape index (κ1) is 15.2. The summed E-state index contributed by atoms with van der Waals surface area (Å²) in [5.41, 5.74) is 0.574. The maximum Gasteiger partial charge on any atom is 0.251 e. The van der Waals surface area contributed by atoms with E-state index in [0.717, 1.165) is 0 Å². The summed E-state index contributed by atoms with van der Waals surface area (Å²) < 4.78 is 0. The van der Waals surface area contributed by atoms with Crippen LogP contribution in [0.5, 0.6) is 0 Å². The lowest BCUT2D eigenvalue weighted by molar-refractivity contribution is -0.122. The number of hydrogen-bond donors (Lipinski definition) is 3. The number of amides is 2. The molecule has 3 N–H and O–H groups in total. The Morgan fingerprint density at radius 1 is 1.26 bits per heavy atom. The fourth-order valence-electron chi connectivity index (χ4n) is 1.56. The Bertz CT molecular complexity index is 402. The molecule has 0 saturated heterocycles. The molecule has 1 atom stereocenters. The predicted octanol–water partition coefficient (Wildman–Crippen LogP) is 0.694. The minimum Gasteiger partial charge on any atom is -0.394 e. The van der Waals surface area contributed by atoms with Crippen LogP contribution in [0.25, 0.3) is 0 Å². The van der Waals surface area contributed by atoms with E-state index in [1.807, 2.05) is 13.0 Å². The van der Waals surface area contributed by atoms with Crippen LogP contribution >= 0.6 is 0 Å². The summed E-state index contributed by atoms with van der Waals surface area (Å²) >= 11 is 0. The van der Waals surface area contributed by atoms with Crippen molar-refractivity contribution in [2.75, 3.05) is 13.2 Å². The van der Waals surface area contributed by atoms with Gasteiger partial charge in [0.1, 0.15) is 0 Å². The van der Waals surface area contributed by atoms with Gasteiger partial charge in [0, 0.05) is 18.5 Å². The van der Waals surface area contributed by atoms with Crippen LogP contribution in [0.3, 0.4) is 0 Å². The molecule has 0 heterocycles. The third-order valence-corrected chi connectivity index (χ3v) is 2.75. The summed E-state index contributed by atoms with van der Waals surface area (Å²) in [7, 11) is 0. The number of carbonyl (C=O) groups excluding carboxylic acids is 2. The lowest BCUT2D eigenvalue weighted by atomic mass is 10.2. The number of rotatable bonds is 7. The molecule has 0 bridgehead atoms. The van der Waals surface area contributed by atoms with Gasteiger partial charge in [0.25, 0.3) is 5.91 Å². The molecule has 0 aliphatic carbocycles. The van der Waals surface area contributed by atoms with Crippen molar-refractivity contribution in [3.8, 4) is 0 Å². The molecule has 0 saturated carbocycles. The smallest absolute Gasteiger partial charge is 0.251 e. The first-order valence-corrected chi connectivity index (χ1v) is 6.40. The predicted molar refractivity (Wildman–Crippen MR) is 72.7 cm³/mol. The lowest BCUT2D eigenvalue weighted by Gasteiger charge is -2.14. The molecule has 0 aromatic heterocycles. The lowest BCUT2D eigenvalue weighted by Crippen LogP contribution is -2.38. The molecular formula is C14H20N2O3. The van der Waals surface area contributed by atoms with E-state index in [1.165, 1.54) is 0 Å². The van der Waals surface area contributed by atoms with Crippen LogP contribution in [0.15, 0.2) is 30.3 Å². The minimum absolute atomic E-state index is 0.0708. The van der Waals surface area contributed by atoms with Gasteiger partial charge in [-0.3, -0.25) is 9.59 Å². The Morgan fingerprint density at radius 2 is 1.95 bits per heavy atom. The Kier molecular flexibility index (Phi) is 6.60. The summed E-state index contributed by atoms with van der Waals surface area (Å²) in [5.74, 6) is -0.364. The quantitative estimate of drug-likeness (QED) is 0.678. The zero-order chi connectivity index (χ0) is 14.1. The van der Waals surface area contributed by atoms with Gasteiger partial charge in [-0.05, 0) is 18.6 Å². The van der Waals surface area contributed by atoms with Crippen LogP contribution in [-0.2, 0) is 4.79 Å². The van der Waals surface area contributed by atoms with Crippen LogP contribution in [0, 0.1) is 0 Å². The first-order valence-electron chi connectivity index (χ1n) is 6.40. The zero-order valence-electron chi connectivity index (χ0n) is 11.1. The third kappa shape index (κ3) is 5.52. The first-order chi connectivity index (χ1) is 9.17. The number of benzene rings is 1. The van der Waals surface area contributed by atoms with E-state index in [0.29, 0.717) is 12.0 Å². The number of hydrogen-bond acceptors (Lipinski definition) is 3. The van der Waals surface area contributed by atoms with Crippen LogP contribution in [0.2, 0.25) is 0 Å². The van der Waals surface area contributed by atoms with E-state index >= 15 is 0 Å². The van der Waals surface area contributed by atoms with Gasteiger partial charge in [0.15, 0.2) is 0 Å². The van der Waals surface area contributed by atoms with Gasteiger partial charge < -0.3 is 15.7 Å². The maximum atomic E-state index is 11.7. The number of nitrogens with one attached hydrogen (secondary N) is 2. The highest BCUT2D eigenvalue weighted by atomic mass is 16.3. The molecule has 1 aromatic carbocycles. The largest absolute Gasteiger partial charge is 0.394 e. The molecule has 104 valence electrons. The van der Waals surface area contributed by atoms with Gasteiger partial charge in [-0.1, -0.05) is 25.1 Å². The van der Waals surface area contributed by atoms with Crippen LogP contribution in [0.1, 0.15) is 30.1 Å². The molecular weight excluding hydrogens is 244 g/mol. The zero-order valence-corrected chi connectivity index (χ0v) is 11.1. The highest BCUT2D eigenvalue weighted by molar-refractivity contribution is 5.94. The molecule has 0 aliphatic heterocycles. The van der Waals surface area contributed by atoms with Gasteiger partial charge in [-0.25, -0.2) is 0 Å². The third-order valence-electron chi connectivity index (χ3n) is 2.75. The second-order valence-corrected chi connectivity index (χ2v) is 4.23. The normalized spacial score (nSPS) is 11.7. The minimum atomic E-state index is -0.211. The van der Waals surface area contributed by atoms with Gasteiger partial charge >= 0.3 is 0 Å². The molecule has 1 unspecified atom stereocenters. The molecule has 0 fully saturated rings. The molecule has 5 heteroatoms. The van der Waals surface area contributed by atoms with Crippen molar-refractivity contribution in [1.82, 2.24) is 10.6 Å². The fraction of sp³-hybridized carbons (Fsp3) is 0.429. The fourth-order valence-corrected chi connectivity index (χ4v) is 1.56. The monoisotopic (exact) mass is 264 g/mol. The van der Waals surface area contributed by atoms with E-state index < -0.39 is 0 Å². The van der Waals surface area contributed by atoms with Crippen molar-refractivity contribution in [1.29, 1.82) is 0 Å². The number of aliphatic hydroxyl groups is 1. The molecule has 19 heavy (non-hydrogen) atoms. The van der Waals surface area contributed by atoms with Gasteiger partial charge in [0.2, 0.25) is 5.91 Å². The molecule has 0 spiro atoms. The Morgan fingerprint density at radius 3 is 2.53 bits per heavy atom. The van der Waals surface area contributed by atoms with E-state index in [1.54, 1.807) is 24.3 Å². The molecule has 1 aromatic rings. The van der Waals surface area contributed by atoms with E-state index in [4.69, 9.17) is 5.11 Å². The summed E-state index contributed by atoms with van der Waals surface area (Å²) in [6.07, 6.45) is 0.883. The summed E-state index contributed by atoms with van der Waals surface area (Å²) in [4.78, 5) is 23.2. The van der Waals surface area contributed by atoms with E-state index in [-0.39, 0.29) is 37.4 Å². The average Bonchev–Trinajstić information content (AvgIpc) is 2.45. The Labute approximate surface area is 113 Å². The van der Waals surface area contributed by atoms with Gasteiger partial charge in [-0.15, -0.1) is 0 Å². The SMILES string of the molecule is CCC(CO)NC(=O)CCNC(=O)c1ccccc1. The molecule has 2 amide bonds. The molecule has 0 aliphatic rings. The Balaban J connectivity index is 2.27. The van der Waals surface area contributed by atoms with Crippen molar-refractivity contribution < 1.29 is 14.7 Å². The molecule has 5 nitrogen and oxygen atoms in total. The average molecular weight is 264 g/mol. The van der Waals surface area contributed by atoms with Crippen molar-refractivity contribution in [3.63, 3.8) is 0 Å². The van der Waals surface area contributed by atoms with Crippen LogP contribution < -0.4 is 10.6 Å². The summed E-state index contributed by atoms with van der Waals surface area (Å²) in [5, 5.41) is 14.3. The topological polar surface area (TPSA) is 78.4 Å². The van der Waals surface area contributed by atoms with Crippen molar-refractivity contribution >= 4 is 11.8 Å². The summed E-state index contributed by atoms with van der Waals surface area (Å²) in [6.45, 7) is 2.10. The Hall–Kier alpha value is -1.88. The van der Waals surface area contributed by atoms with Gasteiger partial charge in [0.05, 0.1) is 12.6 Å². The highest BCUT2D eigenvalue weighted by Gasteiger charge is 2.09. The maximum absolute atomic E-state index is 11.7. The standard InChI is InChI=1S/C14H20N2O3/c1-2-12(10-17)16-13(18)8-9-15-14(19)11-6-4-3-5-7-11/h3-7,12,17H,2,8-10H2,1H3,(H,15,19)(H,16,18). The second kappa shape index (κ2) is 8.26. The molecule has 1 rings (SSSR count). The van der Waals surface area contributed by atoms with Crippen molar-refractivity contribution in [2.24, 2.45) is 0 Å². The van der Waals surface area contributed by atoms with Crippen LogP contribution in [-0.4, -0.2) is 36.1 Å². The highest BCUT2D eigenvalue weighted by Crippen LogP contribution is 1.97. The van der Waals surface area contributed by atoms with Crippen molar-refractivity contribution in [2.45, 2.75) is 25.8 Å². The second-order valence-electron chi connectivity index (χ2n) is 4.23. The molecule has 0 radical (unpaired) electrons. The summed E-state index contributed by atoms with van der Waals surface area (Å²) in [6, 6.07) is 8.63. The number of carbonyl (C=O) groups is 2. The van der Waals surface area contributed by atoms with E-state index in [9.17, 15) is 9.59 Å². The van der Waals surface area contributed by atoms with Crippen molar-refractivity contribution in [3.05, 3.63) is 35.9 Å².